The van der Waals surface area contributed by atoms with E-state index >= 15 is 0 Å². The maximum Gasteiger partial charge on any atom is 0.132 e. The monoisotopic (exact) mass is 322 g/mol. The van der Waals surface area contributed by atoms with Crippen molar-refractivity contribution in [3.05, 3.63) is 28.8 Å². The van der Waals surface area contributed by atoms with Gasteiger partial charge in [0.1, 0.15) is 10.4 Å². The summed E-state index contributed by atoms with van der Waals surface area (Å²) in [5.74, 6) is 1.52. The zero-order valence-corrected chi connectivity index (χ0v) is 12.9. The fourth-order valence-corrected chi connectivity index (χ4v) is 3.08. The molecule has 2 aromatic heterocycles. The molecule has 0 aromatic carbocycles. The van der Waals surface area contributed by atoms with Crippen LogP contribution in [-0.4, -0.2) is 35.6 Å². The van der Waals surface area contributed by atoms with Gasteiger partial charge in [0.05, 0.1) is 11.2 Å². The predicted octanol–water partition coefficient (Wildman–Crippen LogP) is 2.63. The Morgan fingerprint density at radius 1 is 1.26 bits per heavy atom. The highest BCUT2D eigenvalue weighted by molar-refractivity contribution is 9.10. The average molecular weight is 323 g/mol. The van der Waals surface area contributed by atoms with Crippen LogP contribution in [0.2, 0.25) is 0 Å². The van der Waals surface area contributed by atoms with Gasteiger partial charge in [-0.05, 0) is 28.1 Å². The first-order valence-electron chi connectivity index (χ1n) is 6.80. The van der Waals surface area contributed by atoms with Crippen LogP contribution in [0.3, 0.4) is 0 Å². The molecule has 0 amide bonds. The lowest BCUT2D eigenvalue weighted by atomic mass is 10.2. The molecule has 102 valence electrons. The molecular weight excluding hydrogens is 304 g/mol. The molecule has 19 heavy (non-hydrogen) atoms. The summed E-state index contributed by atoms with van der Waals surface area (Å²) in [5.41, 5.74) is 2.42. The third kappa shape index (κ3) is 2.37. The Hall–Kier alpha value is -1.07. The number of aromatic nitrogens is 2. The van der Waals surface area contributed by atoms with Crippen molar-refractivity contribution in [1.82, 2.24) is 14.7 Å². The number of pyridine rings is 1. The van der Waals surface area contributed by atoms with Crippen LogP contribution in [0.5, 0.6) is 0 Å². The molecule has 3 rings (SSSR count). The van der Waals surface area contributed by atoms with Crippen LogP contribution in [0.15, 0.2) is 22.9 Å². The quantitative estimate of drug-likeness (QED) is 0.922. The highest BCUT2D eigenvalue weighted by atomic mass is 79.9. The van der Waals surface area contributed by atoms with Gasteiger partial charge in [-0.3, -0.25) is 0 Å². The number of rotatable bonds is 2. The second-order valence-electron chi connectivity index (χ2n) is 5.30. The fourth-order valence-electron chi connectivity index (χ4n) is 2.58. The van der Waals surface area contributed by atoms with E-state index in [1.54, 1.807) is 0 Å². The van der Waals surface area contributed by atoms with Crippen LogP contribution in [0.1, 0.15) is 25.6 Å². The lowest BCUT2D eigenvalue weighted by molar-refractivity contribution is 0.588. The van der Waals surface area contributed by atoms with Gasteiger partial charge in [0.25, 0.3) is 0 Å². The summed E-state index contributed by atoms with van der Waals surface area (Å²) in [6.07, 6.45) is 2.22. The first-order valence-corrected chi connectivity index (χ1v) is 7.59. The molecule has 5 heteroatoms. The van der Waals surface area contributed by atoms with Crippen molar-refractivity contribution in [3.8, 4) is 0 Å². The molecule has 0 spiro atoms. The van der Waals surface area contributed by atoms with Gasteiger partial charge in [-0.15, -0.1) is 0 Å². The van der Waals surface area contributed by atoms with Crippen LogP contribution in [0.25, 0.3) is 5.52 Å². The molecule has 0 atom stereocenters. The summed E-state index contributed by atoms with van der Waals surface area (Å²) in [7, 11) is 0. The van der Waals surface area contributed by atoms with Crippen molar-refractivity contribution in [2.45, 2.75) is 19.8 Å². The lowest BCUT2D eigenvalue weighted by Gasteiger charge is -2.29. The molecule has 2 aromatic rings. The smallest absolute Gasteiger partial charge is 0.132 e. The summed E-state index contributed by atoms with van der Waals surface area (Å²) >= 11 is 3.55. The molecule has 0 bridgehead atoms. The van der Waals surface area contributed by atoms with Crippen LogP contribution in [-0.2, 0) is 0 Å². The maximum atomic E-state index is 4.62. The topological polar surface area (TPSA) is 32.6 Å². The normalized spacial score (nSPS) is 16.5. The first-order chi connectivity index (χ1) is 9.16. The van der Waals surface area contributed by atoms with Gasteiger partial charge in [0, 0.05) is 38.3 Å². The highest BCUT2D eigenvalue weighted by Crippen LogP contribution is 2.26. The van der Waals surface area contributed by atoms with E-state index in [0.717, 1.165) is 42.1 Å². The number of halogens is 1. The van der Waals surface area contributed by atoms with Gasteiger partial charge in [-0.25, -0.2) is 4.98 Å². The molecule has 1 fully saturated rings. The molecule has 0 unspecified atom stereocenters. The second-order valence-corrected chi connectivity index (χ2v) is 6.05. The third-order valence-corrected chi connectivity index (χ3v) is 4.19. The van der Waals surface area contributed by atoms with Gasteiger partial charge in [0.2, 0.25) is 0 Å². The summed E-state index contributed by atoms with van der Waals surface area (Å²) in [6, 6.07) is 4.34. The van der Waals surface area contributed by atoms with Gasteiger partial charge < -0.3 is 14.6 Å². The number of hydrogen-bond donors (Lipinski definition) is 1. The van der Waals surface area contributed by atoms with Crippen molar-refractivity contribution in [2.75, 3.05) is 31.1 Å². The van der Waals surface area contributed by atoms with E-state index in [1.807, 2.05) is 0 Å². The summed E-state index contributed by atoms with van der Waals surface area (Å²) in [4.78, 5) is 7.05. The number of fused-ring (bicyclic) bond motifs is 1. The SMILES string of the molecule is CC(C)c1nc(Br)c2ccc(N3CCNCC3)cn12. The Morgan fingerprint density at radius 3 is 2.68 bits per heavy atom. The van der Waals surface area contributed by atoms with Crippen LogP contribution in [0, 0.1) is 0 Å². The molecule has 4 nitrogen and oxygen atoms in total. The van der Waals surface area contributed by atoms with Crippen LogP contribution in [0.4, 0.5) is 5.69 Å². The standard InChI is InChI=1S/C14H19BrN4/c1-10(2)14-17-13(15)12-4-3-11(9-19(12)14)18-7-5-16-6-8-18/h3-4,9-10,16H,5-8H2,1-2H3. The van der Waals surface area contributed by atoms with Crippen LogP contribution < -0.4 is 10.2 Å². The maximum absolute atomic E-state index is 4.62. The Balaban J connectivity index is 2.05. The molecule has 1 N–H and O–H groups in total. The molecule has 1 saturated heterocycles. The van der Waals surface area contributed by atoms with Gasteiger partial charge in [-0.2, -0.15) is 0 Å². The summed E-state index contributed by atoms with van der Waals surface area (Å²) in [5, 5.41) is 3.39. The zero-order chi connectivity index (χ0) is 13.4. The number of piperazine rings is 1. The molecule has 1 aliphatic heterocycles. The van der Waals surface area contributed by atoms with Gasteiger partial charge in [0.15, 0.2) is 0 Å². The Kier molecular flexibility index (Phi) is 3.50. The van der Waals surface area contributed by atoms with Crippen molar-refractivity contribution < 1.29 is 0 Å². The number of hydrogen-bond acceptors (Lipinski definition) is 3. The number of nitrogens with one attached hydrogen (secondary N) is 1. The fraction of sp³-hybridized carbons (Fsp3) is 0.500. The van der Waals surface area contributed by atoms with E-state index in [4.69, 9.17) is 0 Å². The zero-order valence-electron chi connectivity index (χ0n) is 11.4. The highest BCUT2D eigenvalue weighted by Gasteiger charge is 2.15. The van der Waals surface area contributed by atoms with E-state index in [-0.39, 0.29) is 0 Å². The van der Waals surface area contributed by atoms with E-state index in [0.29, 0.717) is 5.92 Å². The minimum absolute atomic E-state index is 0.414. The summed E-state index contributed by atoms with van der Waals surface area (Å²) in [6.45, 7) is 8.61. The first kappa shape index (κ1) is 12.9. The van der Waals surface area contributed by atoms with E-state index in [9.17, 15) is 0 Å². The molecule has 0 radical (unpaired) electrons. The average Bonchev–Trinajstić information content (AvgIpc) is 2.77. The van der Waals surface area contributed by atoms with Crippen molar-refractivity contribution in [1.29, 1.82) is 0 Å². The van der Waals surface area contributed by atoms with E-state index in [1.165, 1.54) is 5.69 Å². The molecule has 3 heterocycles. The molecule has 0 aliphatic carbocycles. The molecular formula is C14H19BrN4. The van der Waals surface area contributed by atoms with Crippen LogP contribution >= 0.6 is 15.9 Å². The van der Waals surface area contributed by atoms with E-state index in [2.05, 4.69) is 67.7 Å². The van der Waals surface area contributed by atoms with Crippen molar-refractivity contribution in [2.24, 2.45) is 0 Å². The minimum Gasteiger partial charge on any atom is -0.368 e. The molecule has 1 aliphatic rings. The third-order valence-electron chi connectivity index (χ3n) is 3.60. The lowest BCUT2D eigenvalue weighted by Crippen LogP contribution is -2.43. The van der Waals surface area contributed by atoms with Gasteiger partial charge >= 0.3 is 0 Å². The largest absolute Gasteiger partial charge is 0.368 e. The van der Waals surface area contributed by atoms with Crippen molar-refractivity contribution in [3.63, 3.8) is 0 Å². The van der Waals surface area contributed by atoms with Gasteiger partial charge in [-0.1, -0.05) is 13.8 Å². The number of nitrogens with zero attached hydrogens (tertiary/aromatic N) is 3. The number of imidazole rings is 1. The Labute approximate surface area is 121 Å². The van der Waals surface area contributed by atoms with Crippen molar-refractivity contribution >= 4 is 27.1 Å². The Morgan fingerprint density at radius 2 is 2.00 bits per heavy atom. The number of anilines is 1. The van der Waals surface area contributed by atoms with E-state index < -0.39 is 0 Å². The predicted molar refractivity (Wildman–Crippen MR) is 82.1 cm³/mol. The molecule has 0 saturated carbocycles. The minimum atomic E-state index is 0.414. The second kappa shape index (κ2) is 5.13. The summed E-state index contributed by atoms with van der Waals surface area (Å²) < 4.78 is 3.15. The Bertz CT molecular complexity index is 584.